The maximum Gasteiger partial charge on any atom is 0.490 e. The molecule has 8 nitrogen and oxygen atoms in total. The van der Waals surface area contributed by atoms with E-state index in [-0.39, 0.29) is 11.9 Å². The molecule has 13 heteroatoms. The van der Waals surface area contributed by atoms with Gasteiger partial charge in [-0.25, -0.2) is 9.78 Å². The fraction of sp³-hybridized carbons (Fsp3) is 0.429. The zero-order valence-electron chi connectivity index (χ0n) is 18.3. The summed E-state index contributed by atoms with van der Waals surface area (Å²) in [5.74, 6) is -1.30. The summed E-state index contributed by atoms with van der Waals surface area (Å²) >= 11 is 6.85. The second-order valence-corrected chi connectivity index (χ2v) is 9.43. The van der Waals surface area contributed by atoms with Crippen molar-refractivity contribution in [2.75, 3.05) is 17.7 Å². The van der Waals surface area contributed by atoms with Crippen molar-refractivity contribution in [3.8, 4) is 0 Å². The monoisotopic (exact) mass is 609 g/mol. The summed E-state index contributed by atoms with van der Waals surface area (Å²) in [4.78, 5) is 30.3. The van der Waals surface area contributed by atoms with Crippen molar-refractivity contribution in [3.63, 3.8) is 0 Å². The van der Waals surface area contributed by atoms with E-state index in [0.717, 1.165) is 46.0 Å². The predicted molar refractivity (Wildman–Crippen MR) is 129 cm³/mol. The van der Waals surface area contributed by atoms with E-state index in [1.807, 2.05) is 38.4 Å². The summed E-state index contributed by atoms with van der Waals surface area (Å²) in [7, 11) is 1.86. The van der Waals surface area contributed by atoms with Crippen molar-refractivity contribution in [2.45, 2.75) is 50.9 Å². The number of aliphatic carboxylic acids is 1. The van der Waals surface area contributed by atoms with Crippen molar-refractivity contribution in [1.82, 2.24) is 15.3 Å². The molecule has 1 aromatic carbocycles. The number of rotatable bonds is 5. The van der Waals surface area contributed by atoms with E-state index < -0.39 is 12.1 Å². The number of halogens is 5. The first-order valence-electron chi connectivity index (χ1n) is 10.2. The highest BCUT2D eigenvalue weighted by Gasteiger charge is 2.38. The van der Waals surface area contributed by atoms with Crippen molar-refractivity contribution in [1.29, 1.82) is 0 Å². The second kappa shape index (κ2) is 12.3. The minimum absolute atomic E-state index is 0.0334. The molecule has 186 valence electrons. The zero-order valence-corrected chi connectivity index (χ0v) is 21.5. The van der Waals surface area contributed by atoms with E-state index >= 15 is 0 Å². The number of benzene rings is 1. The lowest BCUT2D eigenvalue weighted by Crippen LogP contribution is -2.40. The van der Waals surface area contributed by atoms with E-state index in [9.17, 15) is 18.0 Å². The van der Waals surface area contributed by atoms with Crippen LogP contribution in [-0.2, 0) is 4.79 Å². The molecule has 0 atom stereocenters. The van der Waals surface area contributed by atoms with Gasteiger partial charge in [0.05, 0.1) is 0 Å². The lowest BCUT2D eigenvalue weighted by molar-refractivity contribution is -0.192. The third-order valence-electron chi connectivity index (χ3n) is 4.97. The molecule has 1 aliphatic carbocycles. The molecule has 1 amide bonds. The number of aromatic nitrogens is 2. The van der Waals surface area contributed by atoms with Crippen molar-refractivity contribution < 1.29 is 27.9 Å². The van der Waals surface area contributed by atoms with Gasteiger partial charge in [-0.3, -0.25) is 4.79 Å². The van der Waals surface area contributed by atoms with Crippen LogP contribution in [0.3, 0.4) is 0 Å². The Hall–Kier alpha value is -2.41. The Labute approximate surface area is 211 Å². The molecule has 1 saturated carbocycles. The average molecular weight is 611 g/mol. The number of hydrogen-bond acceptors (Lipinski definition) is 6. The first kappa shape index (κ1) is 27.8. The highest BCUT2D eigenvalue weighted by Crippen LogP contribution is 2.24. The van der Waals surface area contributed by atoms with Gasteiger partial charge in [0, 0.05) is 45.4 Å². The van der Waals surface area contributed by atoms with Crippen LogP contribution >= 0.6 is 31.9 Å². The van der Waals surface area contributed by atoms with E-state index in [1.165, 1.54) is 0 Å². The number of amides is 1. The lowest BCUT2D eigenvalue weighted by Gasteiger charge is -2.29. The van der Waals surface area contributed by atoms with Crippen LogP contribution in [0.1, 0.15) is 41.6 Å². The maximum absolute atomic E-state index is 12.5. The van der Waals surface area contributed by atoms with E-state index in [2.05, 4.69) is 57.8 Å². The Balaban J connectivity index is 0.000000509. The second-order valence-electron chi connectivity index (χ2n) is 7.60. The largest absolute Gasteiger partial charge is 0.490 e. The number of nitrogens with zero attached hydrogens (tertiary/aromatic N) is 2. The molecular formula is C21H24Br2F3N5O3. The summed E-state index contributed by atoms with van der Waals surface area (Å²) in [6.45, 7) is 1.98. The van der Waals surface area contributed by atoms with Crippen LogP contribution in [0.4, 0.5) is 24.9 Å². The third kappa shape index (κ3) is 8.75. The number of aryl methyl sites for hydroxylation is 1. The fourth-order valence-electron chi connectivity index (χ4n) is 3.28. The lowest BCUT2D eigenvalue weighted by atomic mass is 9.91. The minimum atomic E-state index is -5.08. The number of carbonyl (C=O) groups excluding carboxylic acids is 1. The van der Waals surface area contributed by atoms with Gasteiger partial charge in [0.2, 0.25) is 5.95 Å². The van der Waals surface area contributed by atoms with Gasteiger partial charge in [-0.05, 0) is 50.8 Å². The van der Waals surface area contributed by atoms with Crippen LogP contribution in [0.5, 0.6) is 0 Å². The number of anilines is 2. The maximum atomic E-state index is 12.5. The molecule has 1 aliphatic rings. The van der Waals surface area contributed by atoms with Gasteiger partial charge in [-0.1, -0.05) is 31.9 Å². The van der Waals surface area contributed by atoms with Crippen molar-refractivity contribution >= 4 is 55.5 Å². The molecule has 0 bridgehead atoms. The SMILES string of the molecule is CNc1nc(NC2CCC(NC(=O)c3cc(Br)cc(Br)c3)CC2)ncc1C.O=C(O)C(F)(F)F. The van der Waals surface area contributed by atoms with Gasteiger partial charge < -0.3 is 21.1 Å². The van der Waals surface area contributed by atoms with Gasteiger partial charge >= 0.3 is 12.1 Å². The number of alkyl halides is 3. The highest BCUT2D eigenvalue weighted by atomic mass is 79.9. The number of carboxylic acids is 1. The van der Waals surface area contributed by atoms with Crippen LogP contribution in [0.2, 0.25) is 0 Å². The molecule has 0 saturated heterocycles. The molecule has 1 aromatic heterocycles. The molecule has 0 aliphatic heterocycles. The number of hydrogen-bond donors (Lipinski definition) is 4. The Morgan fingerprint density at radius 1 is 1.06 bits per heavy atom. The van der Waals surface area contributed by atoms with E-state index in [0.29, 0.717) is 17.6 Å². The zero-order chi connectivity index (χ0) is 25.5. The first-order chi connectivity index (χ1) is 15.9. The van der Waals surface area contributed by atoms with Gasteiger partial charge in [0.15, 0.2) is 0 Å². The van der Waals surface area contributed by atoms with Crippen LogP contribution in [-0.4, -0.2) is 52.3 Å². The van der Waals surface area contributed by atoms with Crippen LogP contribution in [0.25, 0.3) is 0 Å². The summed E-state index contributed by atoms with van der Waals surface area (Å²) in [5, 5.41) is 16.8. The van der Waals surface area contributed by atoms with Gasteiger partial charge in [0.1, 0.15) is 5.82 Å². The quantitative estimate of drug-likeness (QED) is 0.370. The molecule has 0 spiro atoms. The molecule has 0 unspecified atom stereocenters. The van der Waals surface area contributed by atoms with Crippen LogP contribution in [0.15, 0.2) is 33.3 Å². The Kier molecular flexibility index (Phi) is 10.1. The normalized spacial score (nSPS) is 17.7. The molecule has 3 rings (SSSR count). The van der Waals surface area contributed by atoms with E-state index in [4.69, 9.17) is 9.90 Å². The summed E-state index contributed by atoms with van der Waals surface area (Å²) < 4.78 is 33.5. The van der Waals surface area contributed by atoms with E-state index in [1.54, 1.807) is 0 Å². The molecular weight excluding hydrogens is 587 g/mol. The van der Waals surface area contributed by atoms with Gasteiger partial charge in [-0.2, -0.15) is 18.2 Å². The molecule has 1 heterocycles. The summed E-state index contributed by atoms with van der Waals surface area (Å²) in [6.07, 6.45) is 0.550. The Bertz CT molecular complexity index is 995. The molecule has 0 radical (unpaired) electrons. The third-order valence-corrected chi connectivity index (χ3v) is 5.89. The average Bonchev–Trinajstić information content (AvgIpc) is 2.75. The standard InChI is InChI=1S/C19H23Br2N5O.C2HF3O2/c1-11-10-23-19(26-17(11)22-2)25-16-5-3-15(4-6-16)24-18(27)12-7-13(20)9-14(21)8-12;3-2(4,5)1(6)7/h7-10,15-16H,3-6H2,1-2H3,(H,24,27)(H2,22,23,25,26);(H,6,7). The summed E-state index contributed by atoms with van der Waals surface area (Å²) in [6, 6.07) is 6.11. The van der Waals surface area contributed by atoms with Gasteiger partial charge in [0.25, 0.3) is 5.91 Å². The molecule has 4 N–H and O–H groups in total. The molecule has 1 fully saturated rings. The Morgan fingerprint density at radius 3 is 2.09 bits per heavy atom. The van der Waals surface area contributed by atoms with Crippen molar-refractivity contribution in [3.05, 3.63) is 44.5 Å². The fourth-order valence-corrected chi connectivity index (χ4v) is 4.58. The number of carboxylic acid groups (broad SMARTS) is 1. The van der Waals surface area contributed by atoms with Gasteiger partial charge in [-0.15, -0.1) is 0 Å². The topological polar surface area (TPSA) is 116 Å². The molecule has 2 aromatic rings. The molecule has 34 heavy (non-hydrogen) atoms. The van der Waals surface area contributed by atoms with Crippen molar-refractivity contribution in [2.24, 2.45) is 0 Å². The summed E-state index contributed by atoms with van der Waals surface area (Å²) in [5.41, 5.74) is 1.68. The van der Waals surface area contributed by atoms with Crippen LogP contribution < -0.4 is 16.0 Å². The van der Waals surface area contributed by atoms with Crippen LogP contribution in [0, 0.1) is 6.92 Å². The smallest absolute Gasteiger partial charge is 0.475 e. The first-order valence-corrected chi connectivity index (χ1v) is 11.8. The highest BCUT2D eigenvalue weighted by molar-refractivity contribution is 9.11. The Morgan fingerprint density at radius 2 is 1.59 bits per heavy atom. The number of carbonyl (C=O) groups is 2. The number of nitrogens with one attached hydrogen (secondary N) is 3. The minimum Gasteiger partial charge on any atom is -0.475 e. The predicted octanol–water partition coefficient (Wildman–Crippen LogP) is 5.14.